The molecular weight excluding hydrogens is 466 g/mol. The predicted molar refractivity (Wildman–Crippen MR) is 146 cm³/mol. The molecule has 1 fully saturated rings. The third-order valence-electron chi connectivity index (χ3n) is 6.88. The Morgan fingerprint density at radius 3 is 2.39 bits per heavy atom. The van der Waals surface area contributed by atoms with Crippen LogP contribution in [0.4, 0.5) is 5.82 Å². The summed E-state index contributed by atoms with van der Waals surface area (Å²) in [6, 6.07) is 20.5. The van der Waals surface area contributed by atoms with Gasteiger partial charge in [0.2, 0.25) is 5.91 Å². The summed E-state index contributed by atoms with van der Waals surface area (Å²) in [4.78, 5) is 21.1. The molecule has 5 rings (SSSR count). The van der Waals surface area contributed by atoms with Gasteiger partial charge < -0.3 is 10.2 Å². The van der Waals surface area contributed by atoms with E-state index in [0.717, 1.165) is 57.6 Å². The minimum absolute atomic E-state index is 0.0688. The van der Waals surface area contributed by atoms with Crippen molar-refractivity contribution in [2.75, 3.05) is 18.0 Å². The zero-order chi connectivity index (χ0) is 25.1. The molecule has 1 unspecified atom stereocenters. The molecule has 1 aliphatic rings. The summed E-state index contributed by atoms with van der Waals surface area (Å²) in [5.74, 6) is 0.848. The normalized spacial score (nSPS) is 15.6. The van der Waals surface area contributed by atoms with Crippen LogP contribution in [-0.2, 0) is 11.3 Å². The molecule has 3 heterocycles. The number of hydrogen-bond acceptors (Lipinski definition) is 6. The Balaban J connectivity index is 1.21. The van der Waals surface area contributed by atoms with Crippen molar-refractivity contribution < 1.29 is 4.79 Å². The van der Waals surface area contributed by atoms with Gasteiger partial charge in [0.05, 0.1) is 23.9 Å². The number of thiazole rings is 1. The number of carbonyl (C=O) groups is 1. The number of carbonyl (C=O) groups excluding carboxylic acids is 1. The Morgan fingerprint density at radius 2 is 1.69 bits per heavy atom. The molecule has 184 valence electrons. The summed E-state index contributed by atoms with van der Waals surface area (Å²) in [7, 11) is 0. The zero-order valence-corrected chi connectivity index (χ0v) is 21.8. The number of nitrogens with zero attached hydrogens (tertiary/aromatic N) is 4. The smallest absolute Gasteiger partial charge is 0.225 e. The van der Waals surface area contributed by atoms with Crippen LogP contribution in [0.3, 0.4) is 0 Å². The molecule has 0 saturated carbocycles. The molecule has 2 aromatic carbocycles. The van der Waals surface area contributed by atoms with E-state index >= 15 is 0 Å². The molecule has 1 atom stereocenters. The molecule has 1 aliphatic heterocycles. The van der Waals surface area contributed by atoms with Crippen LogP contribution in [0, 0.1) is 26.7 Å². The van der Waals surface area contributed by atoms with E-state index < -0.39 is 0 Å². The minimum Gasteiger partial charge on any atom is -0.354 e. The van der Waals surface area contributed by atoms with Gasteiger partial charge in [-0.05, 0) is 56.9 Å². The number of piperidine rings is 1. The first-order valence-electron chi connectivity index (χ1n) is 12.4. The van der Waals surface area contributed by atoms with E-state index in [-0.39, 0.29) is 11.8 Å². The van der Waals surface area contributed by atoms with E-state index in [1.807, 2.05) is 43.3 Å². The second-order valence-corrected chi connectivity index (χ2v) is 10.5. The molecule has 2 aromatic heterocycles. The first-order chi connectivity index (χ1) is 17.5. The van der Waals surface area contributed by atoms with Crippen molar-refractivity contribution in [3.63, 3.8) is 0 Å². The lowest BCUT2D eigenvalue weighted by atomic mass is 9.97. The average Bonchev–Trinajstić information content (AvgIpc) is 3.28. The highest BCUT2D eigenvalue weighted by atomic mass is 32.1. The average molecular weight is 498 g/mol. The molecule has 0 spiro atoms. The first-order valence-corrected chi connectivity index (χ1v) is 13.3. The van der Waals surface area contributed by atoms with Crippen molar-refractivity contribution in [1.29, 1.82) is 0 Å². The lowest BCUT2D eigenvalue weighted by molar-refractivity contribution is -0.125. The maximum Gasteiger partial charge on any atom is 0.225 e. The SMILES string of the molecule is Cc1ccccc1-c1ccc(N2CCCC(C(=O)NCc3sc(-c4ccccc4C)nc3C)C2)nn1. The number of benzene rings is 2. The molecule has 36 heavy (non-hydrogen) atoms. The summed E-state index contributed by atoms with van der Waals surface area (Å²) in [5.41, 5.74) is 6.48. The third-order valence-corrected chi connectivity index (χ3v) is 8.07. The van der Waals surface area contributed by atoms with Crippen LogP contribution in [0.25, 0.3) is 21.8 Å². The monoisotopic (exact) mass is 497 g/mol. The van der Waals surface area contributed by atoms with Gasteiger partial charge in [-0.15, -0.1) is 21.5 Å². The Kier molecular flexibility index (Phi) is 7.09. The van der Waals surface area contributed by atoms with E-state index in [1.54, 1.807) is 11.3 Å². The molecule has 1 saturated heterocycles. The molecule has 0 radical (unpaired) electrons. The highest BCUT2D eigenvalue weighted by Crippen LogP contribution is 2.30. The number of anilines is 1. The van der Waals surface area contributed by atoms with Crippen molar-refractivity contribution in [2.45, 2.75) is 40.2 Å². The standard InChI is InChI=1S/C29H31N5OS/c1-19-9-4-6-12-23(19)25-14-15-27(33-32-25)34-16-8-11-22(18-34)28(35)30-17-26-21(3)31-29(36-26)24-13-7-5-10-20(24)2/h4-7,9-10,12-15,22H,8,11,16-18H2,1-3H3,(H,30,35). The Hall–Kier alpha value is -3.58. The summed E-state index contributed by atoms with van der Waals surface area (Å²) in [5, 5.41) is 13.1. The van der Waals surface area contributed by atoms with Crippen LogP contribution >= 0.6 is 11.3 Å². The second kappa shape index (κ2) is 10.6. The van der Waals surface area contributed by atoms with Crippen molar-refractivity contribution in [3.05, 3.63) is 82.4 Å². The van der Waals surface area contributed by atoms with Gasteiger partial charge in [-0.3, -0.25) is 4.79 Å². The van der Waals surface area contributed by atoms with Crippen molar-refractivity contribution in [1.82, 2.24) is 20.5 Å². The maximum atomic E-state index is 13.1. The van der Waals surface area contributed by atoms with E-state index in [0.29, 0.717) is 13.1 Å². The van der Waals surface area contributed by atoms with Gasteiger partial charge in [0.1, 0.15) is 5.01 Å². The first kappa shape index (κ1) is 24.1. The summed E-state index contributed by atoms with van der Waals surface area (Å²) < 4.78 is 0. The van der Waals surface area contributed by atoms with Gasteiger partial charge in [0, 0.05) is 29.1 Å². The van der Waals surface area contributed by atoms with E-state index in [2.05, 4.69) is 58.5 Å². The molecular formula is C29H31N5OS. The number of rotatable bonds is 6. The van der Waals surface area contributed by atoms with Crippen LogP contribution in [0.5, 0.6) is 0 Å². The Morgan fingerprint density at radius 1 is 0.972 bits per heavy atom. The summed E-state index contributed by atoms with van der Waals surface area (Å²) in [6.45, 7) is 8.24. The van der Waals surface area contributed by atoms with Gasteiger partial charge in [0.25, 0.3) is 0 Å². The lowest BCUT2D eigenvalue weighted by Crippen LogP contribution is -2.43. The quantitative estimate of drug-likeness (QED) is 0.369. The van der Waals surface area contributed by atoms with Gasteiger partial charge in [0.15, 0.2) is 5.82 Å². The van der Waals surface area contributed by atoms with Gasteiger partial charge in [-0.2, -0.15) is 0 Å². The fraction of sp³-hybridized carbons (Fsp3) is 0.310. The lowest BCUT2D eigenvalue weighted by Gasteiger charge is -2.32. The number of amides is 1. The van der Waals surface area contributed by atoms with E-state index in [9.17, 15) is 4.79 Å². The second-order valence-electron chi connectivity index (χ2n) is 9.44. The van der Waals surface area contributed by atoms with Crippen molar-refractivity contribution in [3.8, 4) is 21.8 Å². The zero-order valence-electron chi connectivity index (χ0n) is 21.0. The van der Waals surface area contributed by atoms with Crippen LogP contribution in [0.15, 0.2) is 60.7 Å². The molecule has 4 aromatic rings. The van der Waals surface area contributed by atoms with Crippen LogP contribution in [-0.4, -0.2) is 34.2 Å². The van der Waals surface area contributed by atoms with Crippen LogP contribution in [0.1, 0.15) is 34.5 Å². The predicted octanol–water partition coefficient (Wildman–Crippen LogP) is 5.73. The molecule has 6 nitrogen and oxygen atoms in total. The molecule has 1 N–H and O–H groups in total. The third kappa shape index (κ3) is 5.16. The fourth-order valence-electron chi connectivity index (χ4n) is 4.73. The highest BCUT2D eigenvalue weighted by Gasteiger charge is 2.27. The highest BCUT2D eigenvalue weighted by molar-refractivity contribution is 7.15. The van der Waals surface area contributed by atoms with Crippen LogP contribution in [0.2, 0.25) is 0 Å². The largest absolute Gasteiger partial charge is 0.354 e. The minimum atomic E-state index is -0.0688. The number of aromatic nitrogens is 3. The van der Waals surface area contributed by atoms with Gasteiger partial charge in [-0.1, -0.05) is 48.5 Å². The van der Waals surface area contributed by atoms with Crippen molar-refractivity contribution >= 4 is 23.1 Å². The van der Waals surface area contributed by atoms with Crippen molar-refractivity contribution in [2.24, 2.45) is 5.92 Å². The topological polar surface area (TPSA) is 71.0 Å². The summed E-state index contributed by atoms with van der Waals surface area (Å²) in [6.07, 6.45) is 1.84. The Bertz CT molecular complexity index is 1360. The van der Waals surface area contributed by atoms with E-state index in [4.69, 9.17) is 4.98 Å². The number of nitrogens with one attached hydrogen (secondary N) is 1. The number of aryl methyl sites for hydroxylation is 3. The Labute approximate surface area is 216 Å². The summed E-state index contributed by atoms with van der Waals surface area (Å²) >= 11 is 1.66. The number of hydrogen-bond donors (Lipinski definition) is 1. The fourth-order valence-corrected chi connectivity index (χ4v) is 5.82. The van der Waals surface area contributed by atoms with Gasteiger partial charge >= 0.3 is 0 Å². The van der Waals surface area contributed by atoms with Gasteiger partial charge in [-0.25, -0.2) is 4.98 Å². The molecule has 1 amide bonds. The molecule has 7 heteroatoms. The molecule has 0 aliphatic carbocycles. The van der Waals surface area contributed by atoms with Crippen LogP contribution < -0.4 is 10.2 Å². The van der Waals surface area contributed by atoms with E-state index in [1.165, 1.54) is 11.1 Å². The molecule has 0 bridgehead atoms. The maximum absolute atomic E-state index is 13.1.